The van der Waals surface area contributed by atoms with Gasteiger partial charge in [-0.05, 0) is 33.6 Å². The Balaban J connectivity index is 2.64. The number of amides is 1. The maximum atomic E-state index is 11.8. The van der Waals surface area contributed by atoms with Gasteiger partial charge in [0.1, 0.15) is 5.60 Å². The molecule has 1 aliphatic carbocycles. The van der Waals surface area contributed by atoms with E-state index < -0.39 is 27.5 Å². The van der Waals surface area contributed by atoms with E-state index in [1.165, 1.54) is 0 Å². The molecule has 1 fully saturated rings. The van der Waals surface area contributed by atoms with E-state index in [-0.39, 0.29) is 6.61 Å². The SMILES string of the molecule is CC(C)(C)OC(=O)NC1(COS(N)(=O)=O)CCCC1. The number of rotatable bonds is 4. The Bertz CT molecular complexity index is 421. The van der Waals surface area contributed by atoms with Crippen molar-refractivity contribution >= 4 is 16.4 Å². The Kier molecular flexibility index (Phi) is 4.81. The lowest BCUT2D eigenvalue weighted by atomic mass is 9.99. The van der Waals surface area contributed by atoms with Gasteiger partial charge in [0.2, 0.25) is 0 Å². The highest BCUT2D eigenvalue weighted by molar-refractivity contribution is 7.84. The summed E-state index contributed by atoms with van der Waals surface area (Å²) in [5.74, 6) is 0. The highest BCUT2D eigenvalue weighted by Crippen LogP contribution is 2.30. The van der Waals surface area contributed by atoms with Crippen molar-refractivity contribution in [2.45, 2.75) is 57.6 Å². The van der Waals surface area contributed by atoms with Crippen LogP contribution in [-0.2, 0) is 19.2 Å². The van der Waals surface area contributed by atoms with Crippen molar-refractivity contribution in [3.8, 4) is 0 Å². The molecule has 0 saturated heterocycles. The summed E-state index contributed by atoms with van der Waals surface area (Å²) in [6.07, 6.45) is 2.49. The lowest BCUT2D eigenvalue weighted by molar-refractivity contribution is 0.0418. The van der Waals surface area contributed by atoms with E-state index in [9.17, 15) is 13.2 Å². The molecular formula is C11H22N2O5S. The molecule has 7 nitrogen and oxygen atoms in total. The lowest BCUT2D eigenvalue weighted by Gasteiger charge is -2.30. The second-order valence-corrected chi connectivity index (χ2v) is 7.09. The predicted octanol–water partition coefficient (Wildman–Crippen LogP) is 1.04. The molecule has 8 heteroatoms. The van der Waals surface area contributed by atoms with Crippen LogP contribution in [0.1, 0.15) is 46.5 Å². The minimum absolute atomic E-state index is 0.162. The fraction of sp³-hybridized carbons (Fsp3) is 0.909. The average Bonchev–Trinajstić information content (AvgIpc) is 2.60. The van der Waals surface area contributed by atoms with E-state index in [4.69, 9.17) is 9.88 Å². The summed E-state index contributed by atoms with van der Waals surface area (Å²) >= 11 is 0. The molecule has 112 valence electrons. The number of carbonyl (C=O) groups excluding carboxylic acids is 1. The quantitative estimate of drug-likeness (QED) is 0.805. The largest absolute Gasteiger partial charge is 0.444 e. The summed E-state index contributed by atoms with van der Waals surface area (Å²) in [6, 6.07) is 0. The lowest BCUT2D eigenvalue weighted by Crippen LogP contribution is -2.51. The Labute approximate surface area is 114 Å². The molecule has 0 aliphatic heterocycles. The van der Waals surface area contributed by atoms with Crippen molar-refractivity contribution in [3.63, 3.8) is 0 Å². The van der Waals surface area contributed by atoms with E-state index in [2.05, 4.69) is 9.50 Å². The van der Waals surface area contributed by atoms with Gasteiger partial charge in [-0.1, -0.05) is 12.8 Å². The molecule has 0 bridgehead atoms. The molecule has 1 saturated carbocycles. The number of ether oxygens (including phenoxy) is 1. The number of hydrogen-bond acceptors (Lipinski definition) is 5. The zero-order valence-corrected chi connectivity index (χ0v) is 12.4. The fourth-order valence-corrected chi connectivity index (χ4v) is 2.46. The maximum Gasteiger partial charge on any atom is 0.408 e. The number of nitrogens with two attached hydrogens (primary N) is 1. The second-order valence-electron chi connectivity index (χ2n) is 5.87. The maximum absolute atomic E-state index is 11.8. The Morgan fingerprint density at radius 2 is 1.84 bits per heavy atom. The van der Waals surface area contributed by atoms with Crippen molar-refractivity contribution in [2.24, 2.45) is 5.14 Å². The summed E-state index contributed by atoms with van der Waals surface area (Å²) in [5.41, 5.74) is -1.32. The Morgan fingerprint density at radius 1 is 1.32 bits per heavy atom. The van der Waals surface area contributed by atoms with E-state index in [0.29, 0.717) is 12.8 Å². The van der Waals surface area contributed by atoms with Gasteiger partial charge in [0.05, 0.1) is 12.1 Å². The monoisotopic (exact) mass is 294 g/mol. The molecule has 0 heterocycles. The first kappa shape index (κ1) is 16.2. The normalized spacial score (nSPS) is 19.2. The van der Waals surface area contributed by atoms with Crippen LogP contribution in [0.4, 0.5) is 4.79 Å². The summed E-state index contributed by atoms with van der Waals surface area (Å²) in [6.45, 7) is 5.11. The number of carbonyl (C=O) groups is 1. The molecule has 0 spiro atoms. The minimum atomic E-state index is -4.01. The first-order chi connectivity index (χ1) is 8.52. The first-order valence-corrected chi connectivity index (χ1v) is 7.67. The topological polar surface area (TPSA) is 108 Å². The zero-order valence-electron chi connectivity index (χ0n) is 11.6. The van der Waals surface area contributed by atoms with Crippen molar-refractivity contribution in [1.82, 2.24) is 5.32 Å². The average molecular weight is 294 g/mol. The molecule has 3 N–H and O–H groups in total. The van der Waals surface area contributed by atoms with Crippen LogP contribution in [0.5, 0.6) is 0 Å². The summed E-state index contributed by atoms with van der Waals surface area (Å²) in [5, 5.41) is 7.53. The zero-order chi connectivity index (χ0) is 14.7. The van der Waals surface area contributed by atoms with Crippen molar-refractivity contribution in [2.75, 3.05) is 6.61 Å². The van der Waals surface area contributed by atoms with Crippen LogP contribution < -0.4 is 10.5 Å². The van der Waals surface area contributed by atoms with Crippen LogP contribution in [0.25, 0.3) is 0 Å². The van der Waals surface area contributed by atoms with Gasteiger partial charge in [0.15, 0.2) is 0 Å². The second kappa shape index (κ2) is 5.64. The third-order valence-corrected chi connectivity index (χ3v) is 3.27. The van der Waals surface area contributed by atoms with Gasteiger partial charge >= 0.3 is 16.4 Å². The Hall–Kier alpha value is -0.860. The van der Waals surface area contributed by atoms with Gasteiger partial charge in [-0.15, -0.1) is 0 Å². The van der Waals surface area contributed by atoms with Gasteiger partial charge in [0, 0.05) is 0 Å². The molecule has 0 unspecified atom stereocenters. The molecule has 1 amide bonds. The van der Waals surface area contributed by atoms with Crippen LogP contribution in [-0.4, -0.2) is 32.3 Å². The predicted molar refractivity (Wildman–Crippen MR) is 69.6 cm³/mol. The standard InChI is InChI=1S/C11H22N2O5S/c1-10(2,3)18-9(14)13-11(6-4-5-7-11)8-17-19(12,15)16/h4-8H2,1-3H3,(H,13,14)(H2,12,15,16). The van der Waals surface area contributed by atoms with Gasteiger partial charge in [-0.2, -0.15) is 8.42 Å². The smallest absolute Gasteiger partial charge is 0.408 e. The minimum Gasteiger partial charge on any atom is -0.444 e. The molecule has 0 aromatic rings. The van der Waals surface area contributed by atoms with Crippen LogP contribution in [0.3, 0.4) is 0 Å². The van der Waals surface area contributed by atoms with E-state index in [1.807, 2.05) is 0 Å². The number of hydrogen-bond donors (Lipinski definition) is 2. The van der Waals surface area contributed by atoms with Gasteiger partial charge < -0.3 is 10.1 Å². The first-order valence-electron chi connectivity index (χ1n) is 6.20. The van der Waals surface area contributed by atoms with E-state index >= 15 is 0 Å². The van der Waals surface area contributed by atoms with Crippen molar-refractivity contribution in [1.29, 1.82) is 0 Å². The molecule has 1 aliphatic rings. The summed E-state index contributed by atoms with van der Waals surface area (Å²) < 4.78 is 31.5. The van der Waals surface area contributed by atoms with Gasteiger partial charge in [-0.25, -0.2) is 9.93 Å². The fourth-order valence-electron chi connectivity index (χ4n) is 2.07. The summed E-state index contributed by atoms with van der Waals surface area (Å²) in [7, 11) is -4.01. The van der Waals surface area contributed by atoms with Crippen LogP contribution in [0.2, 0.25) is 0 Å². The molecule has 0 aromatic heterocycles. The van der Waals surface area contributed by atoms with Crippen LogP contribution in [0.15, 0.2) is 0 Å². The third-order valence-electron chi connectivity index (χ3n) is 2.83. The molecule has 19 heavy (non-hydrogen) atoms. The summed E-state index contributed by atoms with van der Waals surface area (Å²) in [4.78, 5) is 11.8. The third kappa shape index (κ3) is 6.22. The van der Waals surface area contributed by atoms with Crippen LogP contribution >= 0.6 is 0 Å². The van der Waals surface area contributed by atoms with E-state index in [0.717, 1.165) is 12.8 Å². The molecule has 0 radical (unpaired) electrons. The molecular weight excluding hydrogens is 272 g/mol. The highest BCUT2D eigenvalue weighted by atomic mass is 32.2. The van der Waals surface area contributed by atoms with Crippen molar-refractivity contribution < 1.29 is 22.1 Å². The number of nitrogens with one attached hydrogen (secondary N) is 1. The van der Waals surface area contributed by atoms with E-state index in [1.54, 1.807) is 20.8 Å². The molecule has 1 rings (SSSR count). The van der Waals surface area contributed by atoms with Gasteiger partial charge in [0.25, 0.3) is 0 Å². The molecule has 0 aromatic carbocycles. The Morgan fingerprint density at radius 3 is 2.26 bits per heavy atom. The number of alkyl carbamates (subject to hydrolysis) is 1. The van der Waals surface area contributed by atoms with Crippen molar-refractivity contribution in [3.05, 3.63) is 0 Å². The molecule has 0 atom stereocenters. The highest BCUT2D eigenvalue weighted by Gasteiger charge is 2.38. The van der Waals surface area contributed by atoms with Crippen LogP contribution in [0, 0.1) is 0 Å². The van der Waals surface area contributed by atoms with Gasteiger partial charge in [-0.3, -0.25) is 4.18 Å².